The molecular formula is C19H26N4O4S. The number of rotatable bonds is 4. The number of methoxy groups -OCH3 is 1. The summed E-state index contributed by atoms with van der Waals surface area (Å²) in [6.07, 6.45) is 5.10. The van der Waals surface area contributed by atoms with Crippen LogP contribution < -0.4 is 4.74 Å². The first-order valence-electron chi connectivity index (χ1n) is 9.44. The highest BCUT2D eigenvalue weighted by Gasteiger charge is 2.43. The second kappa shape index (κ2) is 7.47. The van der Waals surface area contributed by atoms with Crippen LogP contribution in [0.4, 0.5) is 0 Å². The number of hydrogen-bond acceptors (Lipinski definition) is 6. The van der Waals surface area contributed by atoms with E-state index in [2.05, 4.69) is 17.0 Å². The van der Waals surface area contributed by atoms with Crippen LogP contribution >= 0.6 is 0 Å². The van der Waals surface area contributed by atoms with E-state index in [0.717, 1.165) is 25.9 Å². The highest BCUT2D eigenvalue weighted by molar-refractivity contribution is 7.89. The first-order chi connectivity index (χ1) is 13.4. The van der Waals surface area contributed by atoms with Crippen molar-refractivity contribution in [3.05, 3.63) is 36.7 Å². The van der Waals surface area contributed by atoms with Crippen molar-refractivity contribution in [2.24, 2.45) is 0 Å². The summed E-state index contributed by atoms with van der Waals surface area (Å²) in [6, 6.07) is 6.89. The van der Waals surface area contributed by atoms with Gasteiger partial charge in [0.05, 0.1) is 25.0 Å². The SMILES string of the molecule is COc1ccc(-n2cccn2)cc1S(=O)(=O)N1CCOC2(CCN(C)CC2)C1. The predicted octanol–water partition coefficient (Wildman–Crippen LogP) is 1.37. The van der Waals surface area contributed by atoms with Crippen molar-refractivity contribution >= 4 is 10.0 Å². The highest BCUT2D eigenvalue weighted by Crippen LogP contribution is 2.35. The van der Waals surface area contributed by atoms with Crippen molar-refractivity contribution in [3.63, 3.8) is 0 Å². The summed E-state index contributed by atoms with van der Waals surface area (Å²) in [4.78, 5) is 2.41. The minimum absolute atomic E-state index is 0.160. The molecule has 0 unspecified atom stereocenters. The Morgan fingerprint density at radius 2 is 2.00 bits per heavy atom. The minimum Gasteiger partial charge on any atom is -0.495 e. The molecule has 8 nitrogen and oxygen atoms in total. The lowest BCUT2D eigenvalue weighted by Gasteiger charge is -2.46. The van der Waals surface area contributed by atoms with E-state index in [4.69, 9.17) is 9.47 Å². The van der Waals surface area contributed by atoms with Crippen LogP contribution in [0.25, 0.3) is 5.69 Å². The highest BCUT2D eigenvalue weighted by atomic mass is 32.2. The molecule has 28 heavy (non-hydrogen) atoms. The first-order valence-corrected chi connectivity index (χ1v) is 10.9. The summed E-state index contributed by atoms with van der Waals surface area (Å²) >= 11 is 0. The smallest absolute Gasteiger partial charge is 0.247 e. The predicted molar refractivity (Wildman–Crippen MR) is 104 cm³/mol. The molecule has 0 N–H and O–H groups in total. The summed E-state index contributed by atoms with van der Waals surface area (Å²) in [6.45, 7) is 2.94. The van der Waals surface area contributed by atoms with E-state index in [0.29, 0.717) is 31.1 Å². The van der Waals surface area contributed by atoms with Crippen molar-refractivity contribution in [2.45, 2.75) is 23.3 Å². The normalized spacial score (nSPS) is 21.1. The molecule has 1 aromatic heterocycles. The molecule has 152 valence electrons. The molecule has 2 aromatic rings. The van der Waals surface area contributed by atoms with E-state index in [-0.39, 0.29) is 4.90 Å². The lowest BCUT2D eigenvalue weighted by Crippen LogP contribution is -2.57. The van der Waals surface area contributed by atoms with Crippen LogP contribution in [0.3, 0.4) is 0 Å². The second-order valence-corrected chi connectivity index (χ2v) is 9.37. The number of likely N-dealkylation sites (tertiary alicyclic amines) is 1. The van der Waals surface area contributed by atoms with Gasteiger partial charge in [0.1, 0.15) is 10.6 Å². The number of piperidine rings is 1. The number of sulfonamides is 1. The Morgan fingerprint density at radius 3 is 2.68 bits per heavy atom. The summed E-state index contributed by atoms with van der Waals surface area (Å²) in [7, 11) is -0.169. The maximum absolute atomic E-state index is 13.5. The molecule has 0 amide bonds. The third-order valence-corrected chi connectivity index (χ3v) is 7.51. The van der Waals surface area contributed by atoms with Gasteiger partial charge < -0.3 is 14.4 Å². The van der Waals surface area contributed by atoms with E-state index in [1.807, 2.05) is 0 Å². The maximum Gasteiger partial charge on any atom is 0.247 e. The van der Waals surface area contributed by atoms with Crippen LogP contribution in [0.15, 0.2) is 41.6 Å². The van der Waals surface area contributed by atoms with Crippen LogP contribution in [0.2, 0.25) is 0 Å². The lowest BCUT2D eigenvalue weighted by atomic mass is 9.90. The maximum atomic E-state index is 13.5. The van der Waals surface area contributed by atoms with Crippen molar-refractivity contribution in [1.29, 1.82) is 0 Å². The molecule has 0 saturated carbocycles. The Morgan fingerprint density at radius 1 is 1.21 bits per heavy atom. The van der Waals surface area contributed by atoms with Crippen molar-refractivity contribution in [1.82, 2.24) is 19.0 Å². The molecule has 9 heteroatoms. The van der Waals surface area contributed by atoms with Crippen molar-refractivity contribution in [2.75, 3.05) is 46.9 Å². The Bertz CT molecular complexity index is 921. The van der Waals surface area contributed by atoms with Crippen LogP contribution in [0, 0.1) is 0 Å². The van der Waals surface area contributed by atoms with Crippen molar-refractivity contribution < 1.29 is 17.9 Å². The lowest BCUT2D eigenvalue weighted by molar-refractivity contribution is -0.117. The molecule has 1 aromatic carbocycles. The zero-order valence-electron chi connectivity index (χ0n) is 16.2. The molecule has 2 aliphatic rings. The van der Waals surface area contributed by atoms with Gasteiger partial charge in [0.2, 0.25) is 10.0 Å². The molecule has 0 aliphatic carbocycles. The molecule has 0 atom stereocenters. The minimum atomic E-state index is -3.73. The Labute approximate surface area is 165 Å². The van der Waals surface area contributed by atoms with Gasteiger partial charge in [-0.05, 0) is 44.2 Å². The van der Waals surface area contributed by atoms with E-state index < -0.39 is 15.6 Å². The van der Waals surface area contributed by atoms with Gasteiger partial charge >= 0.3 is 0 Å². The fourth-order valence-corrected chi connectivity index (χ4v) is 5.59. The van der Waals surface area contributed by atoms with Crippen molar-refractivity contribution in [3.8, 4) is 11.4 Å². The molecule has 2 aliphatic heterocycles. The molecule has 4 rings (SSSR count). The van der Waals surface area contributed by atoms with Gasteiger partial charge in [0.15, 0.2) is 0 Å². The van der Waals surface area contributed by atoms with Gasteiger partial charge in [0, 0.05) is 38.6 Å². The quantitative estimate of drug-likeness (QED) is 0.763. The van der Waals surface area contributed by atoms with Gasteiger partial charge in [0.25, 0.3) is 0 Å². The van der Waals surface area contributed by atoms with Gasteiger partial charge in [-0.1, -0.05) is 0 Å². The summed E-state index contributed by atoms with van der Waals surface area (Å²) in [5.41, 5.74) is 0.275. The third-order valence-electron chi connectivity index (χ3n) is 5.65. The van der Waals surface area contributed by atoms with E-state index in [1.165, 1.54) is 7.11 Å². The van der Waals surface area contributed by atoms with E-state index in [9.17, 15) is 8.42 Å². The fraction of sp³-hybridized carbons (Fsp3) is 0.526. The average molecular weight is 407 g/mol. The summed E-state index contributed by atoms with van der Waals surface area (Å²) in [5.74, 6) is 0.333. The summed E-state index contributed by atoms with van der Waals surface area (Å²) < 4.78 is 41.7. The zero-order valence-corrected chi connectivity index (χ0v) is 17.1. The fourth-order valence-electron chi connectivity index (χ4n) is 3.91. The number of morpholine rings is 1. The van der Waals surface area contributed by atoms with Gasteiger partial charge in [-0.25, -0.2) is 13.1 Å². The van der Waals surface area contributed by atoms with Gasteiger partial charge in [-0.15, -0.1) is 0 Å². The van der Waals surface area contributed by atoms with Crippen LogP contribution in [-0.4, -0.2) is 79.9 Å². The molecule has 0 bridgehead atoms. The number of aromatic nitrogens is 2. The molecular weight excluding hydrogens is 380 g/mol. The van der Waals surface area contributed by atoms with E-state index >= 15 is 0 Å². The van der Waals surface area contributed by atoms with Crippen LogP contribution in [0.1, 0.15) is 12.8 Å². The molecule has 3 heterocycles. The topological polar surface area (TPSA) is 76.9 Å². The molecule has 1 spiro atoms. The van der Waals surface area contributed by atoms with Gasteiger partial charge in [-0.3, -0.25) is 0 Å². The number of ether oxygens (including phenoxy) is 2. The zero-order chi connectivity index (χ0) is 19.8. The van der Waals surface area contributed by atoms with Crippen LogP contribution in [-0.2, 0) is 14.8 Å². The Balaban J connectivity index is 1.67. The Kier molecular flexibility index (Phi) is 5.17. The first kappa shape index (κ1) is 19.4. The molecule has 0 radical (unpaired) electrons. The summed E-state index contributed by atoms with van der Waals surface area (Å²) in [5, 5.41) is 4.20. The molecule has 2 saturated heterocycles. The molecule has 2 fully saturated rings. The van der Waals surface area contributed by atoms with Gasteiger partial charge in [-0.2, -0.15) is 9.40 Å². The second-order valence-electron chi connectivity index (χ2n) is 7.46. The Hall–Kier alpha value is -1.94. The number of nitrogens with zero attached hydrogens (tertiary/aromatic N) is 4. The average Bonchev–Trinajstić information content (AvgIpc) is 3.25. The number of benzene rings is 1. The standard InChI is InChI=1S/C19H26N4O4S/c1-21-10-6-19(7-11-21)15-22(12-13-27-19)28(24,25)18-14-16(4-5-17(18)26-2)23-9-3-8-20-23/h3-5,8-9,14H,6-7,10-13,15H2,1-2H3. The largest absolute Gasteiger partial charge is 0.495 e. The third kappa shape index (κ3) is 3.55. The van der Waals surface area contributed by atoms with Crippen LogP contribution in [0.5, 0.6) is 5.75 Å². The monoisotopic (exact) mass is 406 g/mol. The number of hydrogen-bond donors (Lipinski definition) is 0. The van der Waals surface area contributed by atoms with E-state index in [1.54, 1.807) is 45.6 Å².